The number of hydrogen-bond acceptors (Lipinski definition) is 2. The summed E-state index contributed by atoms with van der Waals surface area (Å²) >= 11 is 0. The fraction of sp³-hybridized carbons (Fsp3) is 0.300. The zero-order valence-electron chi connectivity index (χ0n) is 13.7. The largest absolute Gasteiger partial charge is 0.333 e. The van der Waals surface area contributed by atoms with Crippen LogP contribution in [0.4, 0.5) is 4.39 Å². The highest BCUT2D eigenvalue weighted by atomic mass is 19.1. The Labute approximate surface area is 141 Å². The summed E-state index contributed by atoms with van der Waals surface area (Å²) in [6.07, 6.45) is 8.44. The molecule has 124 valence electrons. The van der Waals surface area contributed by atoms with Gasteiger partial charge in [-0.05, 0) is 49.1 Å². The summed E-state index contributed by atoms with van der Waals surface area (Å²) in [6, 6.07) is 11.6. The third-order valence-corrected chi connectivity index (χ3v) is 4.49. The summed E-state index contributed by atoms with van der Waals surface area (Å²) in [4.78, 5) is 19.1. The molecule has 0 bridgehead atoms. The number of aromatic nitrogens is 1. The first kappa shape index (κ1) is 16.4. The van der Waals surface area contributed by atoms with Crippen LogP contribution in [0.15, 0.2) is 60.8 Å². The number of halogens is 1. The van der Waals surface area contributed by atoms with Gasteiger partial charge in [0.05, 0.1) is 11.7 Å². The van der Waals surface area contributed by atoms with Crippen LogP contribution in [0.1, 0.15) is 36.6 Å². The van der Waals surface area contributed by atoms with Crippen LogP contribution in [-0.4, -0.2) is 22.8 Å². The van der Waals surface area contributed by atoms with Crippen molar-refractivity contribution >= 4 is 5.91 Å². The molecular weight excluding hydrogens is 303 g/mol. The van der Waals surface area contributed by atoms with Crippen molar-refractivity contribution in [2.24, 2.45) is 5.92 Å². The molecule has 1 aliphatic carbocycles. The van der Waals surface area contributed by atoms with E-state index in [1.54, 1.807) is 24.2 Å². The minimum Gasteiger partial charge on any atom is -0.333 e. The van der Waals surface area contributed by atoms with Gasteiger partial charge in [-0.25, -0.2) is 4.39 Å². The molecule has 1 heterocycles. The highest BCUT2D eigenvalue weighted by molar-refractivity contribution is 5.79. The summed E-state index contributed by atoms with van der Waals surface area (Å²) in [5, 5.41) is 0. The van der Waals surface area contributed by atoms with Crippen LogP contribution in [0.25, 0.3) is 0 Å². The lowest BCUT2D eigenvalue weighted by Crippen LogP contribution is -2.37. The highest BCUT2D eigenvalue weighted by Crippen LogP contribution is 2.30. The molecule has 1 aromatic carbocycles. The van der Waals surface area contributed by atoms with Crippen molar-refractivity contribution in [3.8, 4) is 0 Å². The fourth-order valence-corrected chi connectivity index (χ4v) is 3.24. The van der Waals surface area contributed by atoms with Gasteiger partial charge in [-0.2, -0.15) is 0 Å². The first-order chi connectivity index (χ1) is 11.7. The Balaban J connectivity index is 1.95. The third kappa shape index (κ3) is 3.53. The van der Waals surface area contributed by atoms with Gasteiger partial charge in [0.25, 0.3) is 0 Å². The average molecular weight is 324 g/mol. The molecule has 0 spiro atoms. The van der Waals surface area contributed by atoms with Gasteiger partial charge in [-0.1, -0.05) is 30.4 Å². The molecule has 3 nitrogen and oxygen atoms in total. The molecule has 0 radical (unpaired) electrons. The Morgan fingerprint density at radius 3 is 2.79 bits per heavy atom. The molecule has 4 heteroatoms. The monoisotopic (exact) mass is 324 g/mol. The number of amides is 1. The van der Waals surface area contributed by atoms with Crippen LogP contribution < -0.4 is 0 Å². The number of nitrogens with zero attached hydrogens (tertiary/aromatic N) is 2. The van der Waals surface area contributed by atoms with Crippen LogP contribution in [0.2, 0.25) is 0 Å². The predicted octanol–water partition coefficient (Wildman–Crippen LogP) is 4.12. The minimum atomic E-state index is -0.389. The first-order valence-corrected chi connectivity index (χ1v) is 8.25. The van der Waals surface area contributed by atoms with Gasteiger partial charge >= 0.3 is 0 Å². The van der Waals surface area contributed by atoms with Gasteiger partial charge in [-0.3, -0.25) is 9.78 Å². The fourth-order valence-electron chi connectivity index (χ4n) is 3.24. The minimum absolute atomic E-state index is 0.0141. The van der Waals surface area contributed by atoms with Crippen LogP contribution in [0.3, 0.4) is 0 Å². The van der Waals surface area contributed by atoms with Gasteiger partial charge in [0.15, 0.2) is 0 Å². The lowest BCUT2D eigenvalue weighted by atomic mass is 9.91. The van der Waals surface area contributed by atoms with Crippen LogP contribution >= 0.6 is 0 Å². The second-order valence-electron chi connectivity index (χ2n) is 6.14. The highest BCUT2D eigenvalue weighted by Gasteiger charge is 2.29. The van der Waals surface area contributed by atoms with Crippen LogP contribution in [-0.2, 0) is 4.79 Å². The standard InChI is InChI=1S/C20H21FN2O/c1-23(20(24)15-8-3-2-4-9-15)19(18-12-5-6-13-22-18)16-10-7-11-17(21)14-16/h2-3,5-7,10-15,19H,4,8-9H2,1H3/t15-,19-/m1/s1. The maximum atomic E-state index is 13.7. The van der Waals surface area contributed by atoms with E-state index in [9.17, 15) is 9.18 Å². The Morgan fingerprint density at radius 1 is 1.25 bits per heavy atom. The Hall–Kier alpha value is -2.49. The first-order valence-electron chi connectivity index (χ1n) is 8.25. The van der Waals surface area contributed by atoms with E-state index in [2.05, 4.69) is 17.1 Å². The average Bonchev–Trinajstić information content (AvgIpc) is 2.63. The van der Waals surface area contributed by atoms with Gasteiger partial charge in [-0.15, -0.1) is 0 Å². The van der Waals surface area contributed by atoms with E-state index >= 15 is 0 Å². The lowest BCUT2D eigenvalue weighted by Gasteiger charge is -2.32. The predicted molar refractivity (Wildman–Crippen MR) is 91.7 cm³/mol. The molecule has 0 unspecified atom stereocenters. The van der Waals surface area contributed by atoms with E-state index in [0.717, 1.165) is 30.5 Å². The summed E-state index contributed by atoms with van der Waals surface area (Å²) < 4.78 is 13.7. The number of benzene rings is 1. The van der Waals surface area contributed by atoms with Crippen LogP contribution in [0.5, 0.6) is 0 Å². The number of carbonyl (C=O) groups excluding carboxylic acids is 1. The maximum absolute atomic E-state index is 13.7. The SMILES string of the molecule is CN(C(=O)[C@@H]1CC=CCC1)[C@H](c1cccc(F)c1)c1ccccn1. The van der Waals surface area contributed by atoms with Crippen molar-refractivity contribution in [3.05, 3.63) is 77.9 Å². The van der Waals surface area contributed by atoms with E-state index in [1.165, 1.54) is 12.1 Å². The van der Waals surface area contributed by atoms with Crippen molar-refractivity contribution in [2.45, 2.75) is 25.3 Å². The third-order valence-electron chi connectivity index (χ3n) is 4.49. The zero-order valence-corrected chi connectivity index (χ0v) is 13.7. The molecule has 0 aliphatic heterocycles. The summed E-state index contributed by atoms with van der Waals surface area (Å²) in [5.74, 6) is -0.242. The Kier molecular flexibility index (Phi) is 5.04. The molecule has 1 aliphatic rings. The van der Waals surface area contributed by atoms with Crippen molar-refractivity contribution < 1.29 is 9.18 Å². The van der Waals surface area contributed by atoms with E-state index in [0.29, 0.717) is 0 Å². The molecule has 0 saturated heterocycles. The van der Waals surface area contributed by atoms with Crippen molar-refractivity contribution in [1.82, 2.24) is 9.88 Å². The summed E-state index contributed by atoms with van der Waals surface area (Å²) in [7, 11) is 1.78. The Bertz CT molecular complexity index is 729. The van der Waals surface area contributed by atoms with Gasteiger partial charge in [0, 0.05) is 19.2 Å². The van der Waals surface area contributed by atoms with Gasteiger partial charge in [0.2, 0.25) is 5.91 Å². The smallest absolute Gasteiger partial charge is 0.226 e. The molecule has 0 N–H and O–H groups in total. The van der Waals surface area contributed by atoms with E-state index in [1.807, 2.05) is 24.3 Å². The second-order valence-corrected chi connectivity index (χ2v) is 6.14. The van der Waals surface area contributed by atoms with Crippen LogP contribution in [0, 0.1) is 11.7 Å². The van der Waals surface area contributed by atoms with Crippen molar-refractivity contribution in [1.29, 1.82) is 0 Å². The number of rotatable bonds is 4. The number of allylic oxidation sites excluding steroid dienone is 2. The molecular formula is C20H21FN2O. The molecule has 24 heavy (non-hydrogen) atoms. The molecule has 0 fully saturated rings. The maximum Gasteiger partial charge on any atom is 0.226 e. The van der Waals surface area contributed by atoms with E-state index in [4.69, 9.17) is 0 Å². The molecule has 1 aromatic heterocycles. The van der Waals surface area contributed by atoms with E-state index in [-0.39, 0.29) is 23.7 Å². The summed E-state index contributed by atoms with van der Waals surface area (Å²) in [6.45, 7) is 0. The molecule has 2 aromatic rings. The zero-order chi connectivity index (χ0) is 16.9. The molecule has 1 amide bonds. The second kappa shape index (κ2) is 7.39. The van der Waals surface area contributed by atoms with E-state index < -0.39 is 0 Å². The Morgan fingerprint density at radius 2 is 2.12 bits per heavy atom. The molecule has 3 rings (SSSR count). The number of carbonyl (C=O) groups is 1. The normalized spacial score (nSPS) is 18.2. The topological polar surface area (TPSA) is 33.2 Å². The molecule has 0 saturated carbocycles. The van der Waals surface area contributed by atoms with Gasteiger partial charge in [0.1, 0.15) is 5.82 Å². The van der Waals surface area contributed by atoms with Crippen molar-refractivity contribution in [2.75, 3.05) is 7.05 Å². The van der Waals surface area contributed by atoms with Gasteiger partial charge < -0.3 is 4.90 Å². The quantitative estimate of drug-likeness (QED) is 0.793. The molecule has 2 atom stereocenters. The number of pyridine rings is 1. The lowest BCUT2D eigenvalue weighted by molar-refractivity contribution is -0.136. The van der Waals surface area contributed by atoms with Crippen molar-refractivity contribution in [3.63, 3.8) is 0 Å². The number of hydrogen-bond donors (Lipinski definition) is 0. The summed E-state index contributed by atoms with van der Waals surface area (Å²) in [5.41, 5.74) is 1.47.